The van der Waals surface area contributed by atoms with Gasteiger partial charge in [-0.15, -0.1) is 0 Å². The molecule has 1 aromatic heterocycles. The normalized spacial score (nSPS) is 17.2. The van der Waals surface area contributed by atoms with E-state index in [0.29, 0.717) is 22.7 Å². The molecule has 1 aliphatic heterocycles. The molecule has 6 nitrogen and oxygen atoms in total. The van der Waals surface area contributed by atoms with Gasteiger partial charge in [-0.05, 0) is 42.8 Å². The van der Waals surface area contributed by atoms with E-state index in [1.807, 2.05) is 31.2 Å². The van der Waals surface area contributed by atoms with Gasteiger partial charge < -0.3 is 9.73 Å². The number of amidine groups is 1. The van der Waals surface area contributed by atoms with E-state index >= 15 is 0 Å². The second-order valence-corrected chi connectivity index (χ2v) is 8.34. The molecule has 32 heavy (non-hydrogen) atoms. The van der Waals surface area contributed by atoms with E-state index in [2.05, 4.69) is 10.3 Å². The van der Waals surface area contributed by atoms with Gasteiger partial charge in [-0.25, -0.2) is 13.8 Å². The van der Waals surface area contributed by atoms with Crippen molar-refractivity contribution >= 4 is 40.1 Å². The summed E-state index contributed by atoms with van der Waals surface area (Å²) in [7, 11) is 0. The Morgan fingerprint density at radius 2 is 2.00 bits per heavy atom. The first kappa shape index (κ1) is 21.8. The van der Waals surface area contributed by atoms with Gasteiger partial charge in [-0.3, -0.25) is 14.5 Å². The Bertz CT molecular complexity index is 1180. The van der Waals surface area contributed by atoms with E-state index in [4.69, 9.17) is 4.42 Å². The molecule has 3 aromatic rings. The summed E-state index contributed by atoms with van der Waals surface area (Å²) in [5.41, 5.74) is 1.51. The van der Waals surface area contributed by atoms with Crippen molar-refractivity contribution in [1.29, 1.82) is 0 Å². The number of nitrogens with one attached hydrogen (secondary N) is 1. The van der Waals surface area contributed by atoms with Gasteiger partial charge in [-0.2, -0.15) is 0 Å². The first-order valence-corrected chi connectivity index (χ1v) is 10.7. The van der Waals surface area contributed by atoms with E-state index in [-0.39, 0.29) is 24.6 Å². The van der Waals surface area contributed by atoms with E-state index in [1.165, 1.54) is 22.9 Å². The molecule has 1 saturated heterocycles. The number of benzene rings is 2. The molecule has 2 heterocycles. The number of hydrogen-bond acceptors (Lipinski definition) is 5. The zero-order valence-electron chi connectivity index (χ0n) is 17.0. The highest BCUT2D eigenvalue weighted by atomic mass is 32.2. The fourth-order valence-corrected chi connectivity index (χ4v) is 4.33. The zero-order chi connectivity index (χ0) is 22.7. The third kappa shape index (κ3) is 4.88. The maximum absolute atomic E-state index is 13.9. The van der Waals surface area contributed by atoms with Crippen molar-refractivity contribution in [1.82, 2.24) is 4.90 Å². The van der Waals surface area contributed by atoms with Gasteiger partial charge in [-0.1, -0.05) is 30.0 Å². The van der Waals surface area contributed by atoms with Gasteiger partial charge in [0.25, 0.3) is 0 Å². The van der Waals surface area contributed by atoms with Crippen molar-refractivity contribution in [3.8, 4) is 0 Å². The van der Waals surface area contributed by atoms with Crippen molar-refractivity contribution in [2.75, 3.05) is 5.32 Å². The Morgan fingerprint density at radius 1 is 1.19 bits per heavy atom. The summed E-state index contributed by atoms with van der Waals surface area (Å²) in [4.78, 5) is 31.7. The zero-order valence-corrected chi connectivity index (χ0v) is 17.9. The molecule has 4 rings (SSSR count). The van der Waals surface area contributed by atoms with Crippen LogP contribution in [-0.4, -0.2) is 27.1 Å². The monoisotopic (exact) mass is 455 g/mol. The number of carbonyl (C=O) groups is 2. The van der Waals surface area contributed by atoms with Crippen LogP contribution < -0.4 is 5.32 Å². The Labute approximate surface area is 187 Å². The molecule has 1 unspecified atom stereocenters. The number of amides is 2. The lowest BCUT2D eigenvalue weighted by Crippen LogP contribution is -2.33. The third-order valence-electron chi connectivity index (χ3n) is 4.82. The average Bonchev–Trinajstić information content (AvgIpc) is 3.36. The summed E-state index contributed by atoms with van der Waals surface area (Å²) in [5, 5.41) is 2.11. The maximum Gasteiger partial charge on any atom is 0.243 e. The molecule has 1 atom stereocenters. The third-order valence-corrected chi connectivity index (χ3v) is 6.00. The molecule has 2 aromatic carbocycles. The maximum atomic E-state index is 13.9. The number of nitrogens with zero attached hydrogens (tertiary/aromatic N) is 2. The lowest BCUT2D eigenvalue weighted by atomic mass is 10.2. The van der Waals surface area contributed by atoms with Crippen molar-refractivity contribution in [3.63, 3.8) is 0 Å². The van der Waals surface area contributed by atoms with Crippen molar-refractivity contribution in [3.05, 3.63) is 83.8 Å². The van der Waals surface area contributed by atoms with Gasteiger partial charge in [0.15, 0.2) is 5.17 Å². The van der Waals surface area contributed by atoms with Crippen LogP contribution in [0.3, 0.4) is 0 Å². The number of carbonyl (C=O) groups excluding carboxylic acids is 2. The van der Waals surface area contributed by atoms with Gasteiger partial charge in [0.1, 0.15) is 22.6 Å². The van der Waals surface area contributed by atoms with E-state index in [1.54, 1.807) is 12.1 Å². The minimum atomic E-state index is -0.884. The summed E-state index contributed by atoms with van der Waals surface area (Å²) < 4.78 is 32.3. The molecule has 1 N–H and O–H groups in total. The molecule has 0 saturated carbocycles. The Balaban J connectivity index is 1.54. The second-order valence-electron chi connectivity index (χ2n) is 7.17. The summed E-state index contributed by atoms with van der Waals surface area (Å²) in [5.74, 6) is -1.91. The van der Waals surface area contributed by atoms with Gasteiger partial charge in [0, 0.05) is 12.5 Å². The van der Waals surface area contributed by atoms with Crippen LogP contribution in [0.1, 0.15) is 17.7 Å². The van der Waals surface area contributed by atoms with Gasteiger partial charge >= 0.3 is 0 Å². The van der Waals surface area contributed by atoms with E-state index in [9.17, 15) is 18.4 Å². The summed E-state index contributed by atoms with van der Waals surface area (Å²) in [6, 6.07) is 13.9. The number of rotatable bonds is 6. The van der Waals surface area contributed by atoms with E-state index in [0.717, 1.165) is 17.7 Å². The van der Waals surface area contributed by atoms with Gasteiger partial charge in [0.2, 0.25) is 11.8 Å². The first-order valence-electron chi connectivity index (χ1n) is 9.80. The second kappa shape index (κ2) is 9.35. The number of aryl methyl sites for hydroxylation is 1. The number of thioether (sulfide) groups is 1. The lowest BCUT2D eigenvalue weighted by molar-refractivity contribution is -0.128. The molecule has 164 valence electrons. The molecule has 2 amide bonds. The largest absolute Gasteiger partial charge is 0.467 e. The highest BCUT2D eigenvalue weighted by molar-refractivity contribution is 8.15. The van der Waals surface area contributed by atoms with Crippen LogP contribution in [0.15, 0.2) is 70.3 Å². The van der Waals surface area contributed by atoms with Gasteiger partial charge in [0.05, 0.1) is 24.2 Å². The fourth-order valence-electron chi connectivity index (χ4n) is 3.18. The quantitative estimate of drug-likeness (QED) is 0.566. The molecule has 0 aliphatic carbocycles. The Hall–Kier alpha value is -3.46. The average molecular weight is 455 g/mol. The van der Waals surface area contributed by atoms with Crippen molar-refractivity contribution in [2.24, 2.45) is 4.99 Å². The molecule has 1 aliphatic rings. The number of halogens is 2. The number of hydrogen-bond donors (Lipinski definition) is 1. The highest BCUT2D eigenvalue weighted by Gasteiger charge is 2.39. The van der Waals surface area contributed by atoms with Crippen LogP contribution >= 0.6 is 11.8 Å². The number of anilines is 1. The topological polar surface area (TPSA) is 74.9 Å². The molecule has 0 bridgehead atoms. The minimum absolute atomic E-state index is 0.145. The predicted molar refractivity (Wildman–Crippen MR) is 119 cm³/mol. The standard InChI is InChI=1S/C23H19F2N3O3S/c1-14-5-2-3-7-18(14)27-23-28(13-16-6-4-10-31-16)22(30)20(32-23)12-21(29)26-19-9-8-15(24)11-17(19)25/h2-11,20H,12-13H2,1H3,(H,26,29). The van der Waals surface area contributed by atoms with Crippen molar-refractivity contribution in [2.45, 2.75) is 25.1 Å². The minimum Gasteiger partial charge on any atom is -0.467 e. The van der Waals surface area contributed by atoms with Crippen LogP contribution in [0, 0.1) is 18.6 Å². The predicted octanol–water partition coefficient (Wildman–Crippen LogP) is 5.03. The molecule has 0 spiro atoms. The smallest absolute Gasteiger partial charge is 0.243 e. The number of aliphatic imine (C=N–C) groups is 1. The summed E-state index contributed by atoms with van der Waals surface area (Å²) in [6.45, 7) is 2.09. The molecular weight excluding hydrogens is 436 g/mol. The molecule has 1 fully saturated rings. The van der Waals surface area contributed by atoms with Crippen LogP contribution in [0.25, 0.3) is 0 Å². The van der Waals surface area contributed by atoms with Crippen LogP contribution in [0.2, 0.25) is 0 Å². The Kier molecular flexibility index (Phi) is 6.36. The van der Waals surface area contributed by atoms with Crippen LogP contribution in [-0.2, 0) is 16.1 Å². The highest BCUT2D eigenvalue weighted by Crippen LogP contribution is 2.34. The number of para-hydroxylation sites is 1. The molecular formula is C23H19F2N3O3S. The molecule has 9 heteroatoms. The molecule has 0 radical (unpaired) electrons. The summed E-state index contributed by atoms with van der Waals surface area (Å²) in [6.07, 6.45) is 1.32. The Morgan fingerprint density at radius 3 is 2.72 bits per heavy atom. The van der Waals surface area contributed by atoms with Crippen LogP contribution in [0.5, 0.6) is 0 Å². The van der Waals surface area contributed by atoms with Crippen molar-refractivity contribution < 1.29 is 22.8 Å². The lowest BCUT2D eigenvalue weighted by Gasteiger charge is -2.15. The van der Waals surface area contributed by atoms with Crippen LogP contribution in [0.4, 0.5) is 20.2 Å². The number of furan rings is 1. The fraction of sp³-hybridized carbons (Fsp3) is 0.174. The summed E-state index contributed by atoms with van der Waals surface area (Å²) >= 11 is 1.17. The first-order chi connectivity index (χ1) is 15.4. The SMILES string of the molecule is Cc1ccccc1N=C1SC(CC(=O)Nc2ccc(F)cc2F)C(=O)N1Cc1ccco1. The van der Waals surface area contributed by atoms with E-state index < -0.39 is 22.8 Å².